The highest BCUT2D eigenvalue weighted by atomic mass is 15.3. The van der Waals surface area contributed by atoms with Crippen molar-refractivity contribution >= 4 is 17.6 Å². The lowest BCUT2D eigenvalue weighted by Gasteiger charge is -2.36. The van der Waals surface area contributed by atoms with E-state index in [0.29, 0.717) is 0 Å². The van der Waals surface area contributed by atoms with Gasteiger partial charge in [0.15, 0.2) is 0 Å². The van der Waals surface area contributed by atoms with Crippen LogP contribution in [0.2, 0.25) is 0 Å². The molecule has 1 saturated heterocycles. The fourth-order valence-corrected chi connectivity index (χ4v) is 2.94. The number of aromatic nitrogens is 6. The van der Waals surface area contributed by atoms with Crippen molar-refractivity contribution in [3.63, 3.8) is 0 Å². The third-order valence-corrected chi connectivity index (χ3v) is 4.36. The van der Waals surface area contributed by atoms with Crippen molar-refractivity contribution in [1.82, 2.24) is 29.5 Å². The first kappa shape index (κ1) is 16.2. The van der Waals surface area contributed by atoms with Gasteiger partial charge < -0.3 is 14.7 Å². The zero-order valence-corrected chi connectivity index (χ0v) is 14.9. The second-order valence-electron chi connectivity index (χ2n) is 6.29. The van der Waals surface area contributed by atoms with E-state index in [-0.39, 0.29) is 0 Å². The minimum absolute atomic E-state index is 0.728. The number of piperazine rings is 1. The summed E-state index contributed by atoms with van der Waals surface area (Å²) in [6.45, 7) is 3.52. The molecule has 1 fully saturated rings. The Hall–Kier alpha value is -3.23. The van der Waals surface area contributed by atoms with Gasteiger partial charge in [-0.3, -0.25) is 4.57 Å². The third kappa shape index (κ3) is 3.28. The molecule has 1 aliphatic heterocycles. The summed E-state index contributed by atoms with van der Waals surface area (Å²) < 4.78 is 1.88. The van der Waals surface area contributed by atoms with Crippen LogP contribution >= 0.6 is 0 Å². The summed E-state index contributed by atoms with van der Waals surface area (Å²) in [4.78, 5) is 28.2. The minimum Gasteiger partial charge on any atom is -0.353 e. The van der Waals surface area contributed by atoms with Gasteiger partial charge in [-0.25, -0.2) is 19.9 Å². The van der Waals surface area contributed by atoms with Gasteiger partial charge in [0.1, 0.15) is 30.1 Å². The van der Waals surface area contributed by atoms with Crippen LogP contribution in [0.25, 0.3) is 5.82 Å². The van der Waals surface area contributed by atoms with Crippen LogP contribution in [0.5, 0.6) is 0 Å². The third-order valence-electron chi connectivity index (χ3n) is 4.36. The molecule has 3 aromatic heterocycles. The lowest BCUT2D eigenvalue weighted by molar-refractivity contribution is 0.639. The van der Waals surface area contributed by atoms with E-state index >= 15 is 0 Å². The largest absolute Gasteiger partial charge is 0.353 e. The maximum Gasteiger partial charge on any atom is 0.226 e. The standard InChI is InChI=1S/C17H21N9/c1-23(2)17-19-4-3-14(22-17)24-7-9-25(10-8-24)15-11-16(21-12-20-15)26-6-5-18-13-26/h3-6,11-13H,7-10H2,1-2H3. The topological polar surface area (TPSA) is 79.1 Å². The molecule has 0 bridgehead atoms. The zero-order valence-electron chi connectivity index (χ0n) is 14.9. The molecule has 0 atom stereocenters. The van der Waals surface area contributed by atoms with Gasteiger partial charge in [-0.2, -0.15) is 4.98 Å². The molecule has 9 nitrogen and oxygen atoms in total. The van der Waals surface area contributed by atoms with E-state index in [2.05, 4.69) is 34.7 Å². The molecule has 0 unspecified atom stereocenters. The Kier molecular flexibility index (Phi) is 4.34. The molecule has 3 aromatic rings. The van der Waals surface area contributed by atoms with Crippen LogP contribution < -0.4 is 14.7 Å². The molecule has 0 N–H and O–H groups in total. The summed E-state index contributed by atoms with van der Waals surface area (Å²) in [6.07, 6.45) is 8.77. The number of hydrogen-bond donors (Lipinski definition) is 0. The Morgan fingerprint density at radius 3 is 2.31 bits per heavy atom. The van der Waals surface area contributed by atoms with Crippen LogP contribution in [0.15, 0.2) is 43.4 Å². The Morgan fingerprint density at radius 2 is 1.62 bits per heavy atom. The maximum absolute atomic E-state index is 4.63. The van der Waals surface area contributed by atoms with Crippen LogP contribution in [0, 0.1) is 0 Å². The highest BCUT2D eigenvalue weighted by Crippen LogP contribution is 2.19. The Morgan fingerprint density at radius 1 is 0.885 bits per heavy atom. The fourth-order valence-electron chi connectivity index (χ4n) is 2.94. The van der Waals surface area contributed by atoms with E-state index in [1.807, 2.05) is 48.1 Å². The van der Waals surface area contributed by atoms with Crippen molar-refractivity contribution in [2.45, 2.75) is 0 Å². The van der Waals surface area contributed by atoms with Gasteiger partial charge in [0, 0.05) is 64.9 Å². The van der Waals surface area contributed by atoms with E-state index in [9.17, 15) is 0 Å². The monoisotopic (exact) mass is 351 g/mol. The van der Waals surface area contributed by atoms with E-state index in [1.54, 1.807) is 18.9 Å². The molecule has 9 heteroatoms. The van der Waals surface area contributed by atoms with Crippen molar-refractivity contribution in [3.05, 3.63) is 43.4 Å². The number of anilines is 3. The van der Waals surface area contributed by atoms with Gasteiger partial charge in [-0.05, 0) is 6.07 Å². The molecule has 0 aromatic carbocycles. The highest BCUT2D eigenvalue weighted by Gasteiger charge is 2.20. The van der Waals surface area contributed by atoms with Gasteiger partial charge >= 0.3 is 0 Å². The van der Waals surface area contributed by atoms with Gasteiger partial charge in [-0.15, -0.1) is 0 Å². The Bertz CT molecular complexity index is 854. The molecule has 0 aliphatic carbocycles. The van der Waals surface area contributed by atoms with E-state index in [1.165, 1.54) is 0 Å². The lowest BCUT2D eigenvalue weighted by Crippen LogP contribution is -2.47. The average Bonchev–Trinajstić information content (AvgIpc) is 3.23. The summed E-state index contributed by atoms with van der Waals surface area (Å²) in [6, 6.07) is 3.96. The smallest absolute Gasteiger partial charge is 0.226 e. The summed E-state index contributed by atoms with van der Waals surface area (Å²) in [7, 11) is 3.90. The van der Waals surface area contributed by atoms with Crippen molar-refractivity contribution in [2.75, 3.05) is 55.0 Å². The molecule has 1 aliphatic rings. The molecule has 0 radical (unpaired) electrons. The molecule has 4 rings (SSSR count). The summed E-state index contributed by atoms with van der Waals surface area (Å²) in [5.74, 6) is 3.44. The van der Waals surface area contributed by atoms with Crippen molar-refractivity contribution < 1.29 is 0 Å². The molecule has 0 spiro atoms. The Labute approximate surface area is 152 Å². The maximum atomic E-state index is 4.63. The van der Waals surface area contributed by atoms with E-state index < -0.39 is 0 Å². The average molecular weight is 351 g/mol. The first-order valence-corrected chi connectivity index (χ1v) is 8.51. The molecule has 134 valence electrons. The van der Waals surface area contributed by atoms with Crippen LogP contribution in [0.1, 0.15) is 0 Å². The normalized spacial score (nSPS) is 14.5. The van der Waals surface area contributed by atoms with Crippen molar-refractivity contribution in [3.8, 4) is 5.82 Å². The van der Waals surface area contributed by atoms with Gasteiger partial charge in [0.05, 0.1) is 0 Å². The second-order valence-corrected chi connectivity index (χ2v) is 6.29. The van der Waals surface area contributed by atoms with E-state index in [4.69, 9.17) is 0 Å². The van der Waals surface area contributed by atoms with Crippen LogP contribution in [0.4, 0.5) is 17.6 Å². The number of rotatable bonds is 4. The lowest BCUT2D eigenvalue weighted by atomic mass is 10.3. The summed E-state index contributed by atoms with van der Waals surface area (Å²) in [5.41, 5.74) is 0. The Balaban J connectivity index is 1.46. The zero-order chi connectivity index (χ0) is 17.9. The summed E-state index contributed by atoms with van der Waals surface area (Å²) in [5, 5.41) is 0. The van der Waals surface area contributed by atoms with Gasteiger partial charge in [0.2, 0.25) is 5.95 Å². The molecular weight excluding hydrogens is 330 g/mol. The molecule has 4 heterocycles. The van der Waals surface area contributed by atoms with Gasteiger partial charge in [-0.1, -0.05) is 0 Å². The van der Waals surface area contributed by atoms with Crippen LogP contribution in [-0.4, -0.2) is 69.8 Å². The van der Waals surface area contributed by atoms with E-state index in [0.717, 1.165) is 49.6 Å². The molecular formula is C17H21N9. The number of hydrogen-bond acceptors (Lipinski definition) is 8. The quantitative estimate of drug-likeness (QED) is 0.684. The van der Waals surface area contributed by atoms with Crippen LogP contribution in [-0.2, 0) is 0 Å². The summed E-state index contributed by atoms with van der Waals surface area (Å²) >= 11 is 0. The number of nitrogens with zero attached hydrogens (tertiary/aromatic N) is 9. The predicted octanol–water partition coefficient (Wildman–Crippen LogP) is 0.845. The van der Waals surface area contributed by atoms with Gasteiger partial charge in [0.25, 0.3) is 0 Å². The predicted molar refractivity (Wildman–Crippen MR) is 99.9 cm³/mol. The fraction of sp³-hybridized carbons (Fsp3) is 0.353. The second kappa shape index (κ2) is 6.95. The first-order valence-electron chi connectivity index (χ1n) is 8.51. The SMILES string of the molecule is CN(C)c1nccc(N2CCN(c3cc(-n4ccnc4)ncn3)CC2)n1. The molecule has 0 amide bonds. The first-order chi connectivity index (χ1) is 12.7. The van der Waals surface area contributed by atoms with Crippen molar-refractivity contribution in [1.29, 1.82) is 0 Å². The highest BCUT2D eigenvalue weighted by molar-refractivity contribution is 5.48. The molecule has 26 heavy (non-hydrogen) atoms. The van der Waals surface area contributed by atoms with Crippen molar-refractivity contribution in [2.24, 2.45) is 0 Å². The van der Waals surface area contributed by atoms with Crippen LogP contribution in [0.3, 0.4) is 0 Å². The molecule has 0 saturated carbocycles. The minimum atomic E-state index is 0.728. The number of imidazole rings is 1.